The summed E-state index contributed by atoms with van der Waals surface area (Å²) in [5.74, 6) is 0. The van der Waals surface area contributed by atoms with Crippen LogP contribution in [0.15, 0.2) is 23.1 Å². The molecule has 1 N–H and O–H groups in total. The number of ether oxygens (including phenoxy) is 2. The molecule has 2 atom stereocenters. The van der Waals surface area contributed by atoms with Gasteiger partial charge in [0.1, 0.15) is 5.60 Å². The Bertz CT molecular complexity index is 689. The highest BCUT2D eigenvalue weighted by molar-refractivity contribution is 5.75. The molecule has 0 bridgehead atoms. The van der Waals surface area contributed by atoms with Gasteiger partial charge < -0.3 is 19.7 Å². The number of hydrogen-bond donors (Lipinski definition) is 1. The normalized spacial score (nSPS) is 29.6. The topological polar surface area (TPSA) is 85.7 Å². The van der Waals surface area contributed by atoms with E-state index in [-0.39, 0.29) is 17.7 Å². The smallest absolute Gasteiger partial charge is 0.317 e. The van der Waals surface area contributed by atoms with Gasteiger partial charge in [0.05, 0.1) is 32.4 Å². The Morgan fingerprint density at radius 3 is 3.08 bits per heavy atom. The number of urea groups is 1. The molecule has 0 unspecified atom stereocenters. The molecule has 25 heavy (non-hydrogen) atoms. The zero-order valence-electron chi connectivity index (χ0n) is 14.2. The average Bonchev–Trinajstić information content (AvgIpc) is 3.35. The second kappa shape index (κ2) is 6.76. The van der Waals surface area contributed by atoms with E-state index >= 15 is 0 Å². The molecule has 3 fully saturated rings. The molecule has 3 aliphatic rings. The van der Waals surface area contributed by atoms with Crippen molar-refractivity contribution in [3.63, 3.8) is 0 Å². The second-order valence-electron chi connectivity index (χ2n) is 7.20. The largest absolute Gasteiger partial charge is 0.377 e. The number of rotatable bonds is 3. The maximum Gasteiger partial charge on any atom is 0.317 e. The monoisotopic (exact) mass is 348 g/mol. The molecule has 1 aromatic heterocycles. The zero-order valence-corrected chi connectivity index (χ0v) is 14.2. The van der Waals surface area contributed by atoms with E-state index in [4.69, 9.17) is 9.47 Å². The second-order valence-corrected chi connectivity index (χ2v) is 7.20. The molecule has 136 valence electrons. The van der Waals surface area contributed by atoms with Gasteiger partial charge in [0.2, 0.25) is 0 Å². The van der Waals surface area contributed by atoms with Crippen LogP contribution >= 0.6 is 0 Å². The Balaban J connectivity index is 1.41. The highest BCUT2D eigenvalue weighted by Crippen LogP contribution is 2.33. The third-order valence-electron chi connectivity index (χ3n) is 5.04. The van der Waals surface area contributed by atoms with Crippen molar-refractivity contribution in [2.24, 2.45) is 0 Å². The SMILES string of the molecule is O=C(NC1CC1)N1CCOC[C@]2(CC[C@@H](Cn3ncccc3=O)O2)C1. The maximum absolute atomic E-state index is 12.4. The average molecular weight is 348 g/mol. The third-order valence-corrected chi connectivity index (χ3v) is 5.04. The van der Waals surface area contributed by atoms with Crippen LogP contribution in [0.5, 0.6) is 0 Å². The highest BCUT2D eigenvalue weighted by atomic mass is 16.6. The van der Waals surface area contributed by atoms with Gasteiger partial charge in [-0.05, 0) is 31.7 Å². The van der Waals surface area contributed by atoms with Gasteiger partial charge in [-0.2, -0.15) is 5.10 Å². The van der Waals surface area contributed by atoms with Gasteiger partial charge in [-0.15, -0.1) is 0 Å². The Kier molecular flexibility index (Phi) is 4.47. The summed E-state index contributed by atoms with van der Waals surface area (Å²) in [6, 6.07) is 3.43. The van der Waals surface area contributed by atoms with E-state index in [1.165, 1.54) is 10.7 Å². The summed E-state index contributed by atoms with van der Waals surface area (Å²) in [5, 5.41) is 7.13. The minimum absolute atomic E-state index is 0.0274. The first-order valence-electron chi connectivity index (χ1n) is 8.97. The number of amides is 2. The number of carbonyl (C=O) groups is 1. The predicted octanol–water partition coefficient (Wildman–Crippen LogP) is 0.365. The van der Waals surface area contributed by atoms with Crippen LogP contribution in [0.1, 0.15) is 25.7 Å². The summed E-state index contributed by atoms with van der Waals surface area (Å²) in [7, 11) is 0. The maximum atomic E-state index is 12.4. The van der Waals surface area contributed by atoms with Crippen LogP contribution in [0.25, 0.3) is 0 Å². The van der Waals surface area contributed by atoms with Crippen molar-refractivity contribution in [1.82, 2.24) is 20.0 Å². The zero-order chi connectivity index (χ0) is 17.3. The molecule has 1 aliphatic carbocycles. The van der Waals surface area contributed by atoms with Crippen molar-refractivity contribution in [2.75, 3.05) is 26.3 Å². The van der Waals surface area contributed by atoms with E-state index in [1.54, 1.807) is 17.2 Å². The molecule has 2 amide bonds. The van der Waals surface area contributed by atoms with Gasteiger partial charge >= 0.3 is 6.03 Å². The molecule has 1 saturated carbocycles. The van der Waals surface area contributed by atoms with Crippen molar-refractivity contribution in [1.29, 1.82) is 0 Å². The van der Waals surface area contributed by atoms with E-state index < -0.39 is 5.60 Å². The van der Waals surface area contributed by atoms with Crippen molar-refractivity contribution in [3.8, 4) is 0 Å². The van der Waals surface area contributed by atoms with Gasteiger partial charge in [0.15, 0.2) is 0 Å². The summed E-state index contributed by atoms with van der Waals surface area (Å²) in [4.78, 5) is 26.1. The molecule has 0 radical (unpaired) electrons. The Morgan fingerprint density at radius 2 is 2.28 bits per heavy atom. The minimum Gasteiger partial charge on any atom is -0.377 e. The number of aromatic nitrogens is 2. The summed E-state index contributed by atoms with van der Waals surface area (Å²) >= 11 is 0. The number of hydrogen-bond acceptors (Lipinski definition) is 5. The molecular weight excluding hydrogens is 324 g/mol. The Morgan fingerprint density at radius 1 is 1.40 bits per heavy atom. The lowest BCUT2D eigenvalue weighted by Gasteiger charge is -2.32. The van der Waals surface area contributed by atoms with Crippen molar-refractivity contribution in [3.05, 3.63) is 28.7 Å². The van der Waals surface area contributed by atoms with Crippen LogP contribution in [-0.2, 0) is 16.0 Å². The minimum atomic E-state index is -0.486. The molecule has 8 nitrogen and oxygen atoms in total. The van der Waals surface area contributed by atoms with Gasteiger partial charge in [0, 0.05) is 24.8 Å². The molecule has 2 saturated heterocycles. The summed E-state index contributed by atoms with van der Waals surface area (Å²) in [6.45, 7) is 2.53. The molecule has 4 rings (SSSR count). The van der Waals surface area contributed by atoms with Crippen LogP contribution in [0.2, 0.25) is 0 Å². The Labute approximate surface area is 146 Å². The van der Waals surface area contributed by atoms with E-state index in [1.807, 2.05) is 0 Å². The third kappa shape index (κ3) is 3.85. The van der Waals surface area contributed by atoms with Crippen LogP contribution < -0.4 is 10.9 Å². The molecule has 1 aromatic rings. The standard InChI is InChI=1S/C17H24N4O4/c22-15-2-1-7-18-21(15)10-14-5-6-17(25-14)11-20(8-9-24-12-17)16(23)19-13-3-4-13/h1-2,7,13-14H,3-6,8-12H2,(H,19,23)/t14-,17-/m0/s1. The fourth-order valence-corrected chi connectivity index (χ4v) is 3.54. The fourth-order valence-electron chi connectivity index (χ4n) is 3.54. The molecular formula is C17H24N4O4. The predicted molar refractivity (Wildman–Crippen MR) is 89.3 cm³/mol. The van der Waals surface area contributed by atoms with Crippen LogP contribution in [-0.4, -0.2) is 64.8 Å². The quantitative estimate of drug-likeness (QED) is 0.853. The van der Waals surface area contributed by atoms with Crippen molar-refractivity contribution in [2.45, 2.75) is 50.0 Å². The molecule has 8 heteroatoms. The van der Waals surface area contributed by atoms with Gasteiger partial charge in [-0.3, -0.25) is 4.79 Å². The number of carbonyl (C=O) groups excluding carboxylic acids is 1. The fraction of sp³-hybridized carbons (Fsp3) is 0.706. The molecule has 3 heterocycles. The first-order valence-corrected chi connectivity index (χ1v) is 8.97. The van der Waals surface area contributed by atoms with Crippen LogP contribution in [0, 0.1) is 0 Å². The number of nitrogens with zero attached hydrogens (tertiary/aromatic N) is 3. The van der Waals surface area contributed by atoms with Crippen molar-refractivity contribution >= 4 is 6.03 Å². The van der Waals surface area contributed by atoms with Gasteiger partial charge in [-0.1, -0.05) is 0 Å². The van der Waals surface area contributed by atoms with E-state index in [0.29, 0.717) is 38.9 Å². The molecule has 2 aliphatic heterocycles. The lowest BCUT2D eigenvalue weighted by atomic mass is 10.0. The van der Waals surface area contributed by atoms with E-state index in [0.717, 1.165) is 25.7 Å². The highest BCUT2D eigenvalue weighted by Gasteiger charge is 2.44. The van der Waals surface area contributed by atoms with Crippen LogP contribution in [0.4, 0.5) is 4.79 Å². The van der Waals surface area contributed by atoms with E-state index in [9.17, 15) is 9.59 Å². The summed E-state index contributed by atoms with van der Waals surface area (Å²) in [5.41, 5.74) is -0.616. The first kappa shape index (κ1) is 16.5. The molecule has 1 spiro atoms. The lowest BCUT2D eigenvalue weighted by molar-refractivity contribution is -0.0878. The lowest BCUT2D eigenvalue weighted by Crippen LogP contribution is -2.50. The molecule has 0 aromatic carbocycles. The van der Waals surface area contributed by atoms with E-state index in [2.05, 4.69) is 10.4 Å². The first-order chi connectivity index (χ1) is 12.1. The Hall–Kier alpha value is -1.93. The van der Waals surface area contributed by atoms with Gasteiger partial charge in [0.25, 0.3) is 5.56 Å². The summed E-state index contributed by atoms with van der Waals surface area (Å²) < 4.78 is 13.4. The van der Waals surface area contributed by atoms with Crippen molar-refractivity contribution < 1.29 is 14.3 Å². The number of nitrogens with one attached hydrogen (secondary N) is 1. The van der Waals surface area contributed by atoms with Crippen LogP contribution in [0.3, 0.4) is 0 Å². The summed E-state index contributed by atoms with van der Waals surface area (Å²) in [6.07, 6.45) is 5.28. The van der Waals surface area contributed by atoms with Gasteiger partial charge in [-0.25, -0.2) is 9.48 Å².